The van der Waals surface area contributed by atoms with Crippen LogP contribution < -0.4 is 11.3 Å². The van der Waals surface area contributed by atoms with Crippen molar-refractivity contribution in [2.45, 2.75) is 51.1 Å². The second-order valence-corrected chi connectivity index (χ2v) is 8.16. The lowest BCUT2D eigenvalue weighted by Gasteiger charge is -2.13. The third-order valence-corrected chi connectivity index (χ3v) is 6.45. The summed E-state index contributed by atoms with van der Waals surface area (Å²) in [7, 11) is 0. The molecule has 2 aromatic rings. The summed E-state index contributed by atoms with van der Waals surface area (Å²) in [5.41, 5.74) is 5.29. The highest BCUT2D eigenvalue weighted by atomic mass is 79.9. The molecule has 0 aliphatic heterocycles. The Balaban J connectivity index is 1.71. The number of aromatic nitrogens is 2. The van der Waals surface area contributed by atoms with Crippen LogP contribution in [0.25, 0.3) is 0 Å². The van der Waals surface area contributed by atoms with Crippen LogP contribution in [0.5, 0.6) is 0 Å². The van der Waals surface area contributed by atoms with Gasteiger partial charge >= 0.3 is 0 Å². The largest absolute Gasteiger partial charge is 0.271 e. The molecule has 0 spiro atoms. The first kappa shape index (κ1) is 15.2. The van der Waals surface area contributed by atoms with Crippen LogP contribution in [0.15, 0.2) is 22.1 Å². The number of nitrogens with two attached hydrogens (primary N) is 1. The number of hydrazine groups is 1. The van der Waals surface area contributed by atoms with E-state index in [1.54, 1.807) is 11.3 Å². The molecule has 2 heterocycles. The van der Waals surface area contributed by atoms with Crippen molar-refractivity contribution in [1.29, 1.82) is 0 Å². The fraction of sp³-hybridized carbons (Fsp3) is 0.533. The first-order valence-electron chi connectivity index (χ1n) is 7.43. The van der Waals surface area contributed by atoms with Gasteiger partial charge in [0.2, 0.25) is 0 Å². The van der Waals surface area contributed by atoms with Gasteiger partial charge in [-0.25, -0.2) is 0 Å². The van der Waals surface area contributed by atoms with Crippen LogP contribution in [0.4, 0.5) is 0 Å². The Morgan fingerprint density at radius 1 is 1.52 bits per heavy atom. The van der Waals surface area contributed by atoms with E-state index < -0.39 is 0 Å². The lowest BCUT2D eigenvalue weighted by molar-refractivity contribution is 0.458. The van der Waals surface area contributed by atoms with E-state index in [0.717, 1.165) is 12.1 Å². The molecule has 1 aliphatic rings. The van der Waals surface area contributed by atoms with Crippen LogP contribution in [0, 0.1) is 6.92 Å². The first-order valence-corrected chi connectivity index (χ1v) is 9.04. The molecule has 2 aromatic heterocycles. The number of halogens is 1. The molecule has 4 nitrogen and oxygen atoms in total. The smallest absolute Gasteiger partial charge is 0.0731 e. The normalized spacial score (nSPS) is 17.5. The van der Waals surface area contributed by atoms with Gasteiger partial charge in [0, 0.05) is 17.5 Å². The molecule has 6 heteroatoms. The molecule has 0 saturated heterocycles. The average Bonchev–Trinajstić information content (AvgIpc) is 3.18. The molecule has 0 radical (unpaired) electrons. The standard InChI is InChI=1S/C15H21BrN4S/c1-10-8-14(21-15(10)16)13(18-17)9-11-6-7-20(19-11)12-4-2-3-5-12/h6-8,12-13,18H,2-5,9,17H2,1H3. The highest BCUT2D eigenvalue weighted by Crippen LogP contribution is 2.33. The highest BCUT2D eigenvalue weighted by Gasteiger charge is 2.19. The predicted octanol–water partition coefficient (Wildman–Crippen LogP) is 3.88. The molecule has 1 atom stereocenters. The molecule has 1 aliphatic carbocycles. The van der Waals surface area contributed by atoms with E-state index in [-0.39, 0.29) is 6.04 Å². The van der Waals surface area contributed by atoms with Crippen molar-refractivity contribution in [3.05, 3.63) is 38.3 Å². The second-order valence-electron chi connectivity index (χ2n) is 5.75. The molecule has 1 unspecified atom stereocenters. The number of hydrogen-bond acceptors (Lipinski definition) is 4. The maximum atomic E-state index is 5.75. The monoisotopic (exact) mass is 368 g/mol. The molecule has 0 amide bonds. The molecule has 3 rings (SSSR count). The van der Waals surface area contributed by atoms with Crippen molar-refractivity contribution < 1.29 is 0 Å². The summed E-state index contributed by atoms with van der Waals surface area (Å²) in [4.78, 5) is 1.25. The van der Waals surface area contributed by atoms with Gasteiger partial charge in [0.25, 0.3) is 0 Å². The molecule has 1 saturated carbocycles. The van der Waals surface area contributed by atoms with Gasteiger partial charge in [-0.3, -0.25) is 16.0 Å². The van der Waals surface area contributed by atoms with Gasteiger partial charge in [0.15, 0.2) is 0 Å². The van der Waals surface area contributed by atoms with Crippen molar-refractivity contribution in [3.63, 3.8) is 0 Å². The Labute approximate surface area is 137 Å². The van der Waals surface area contributed by atoms with Crippen molar-refractivity contribution in [2.75, 3.05) is 0 Å². The Kier molecular flexibility index (Phi) is 4.78. The van der Waals surface area contributed by atoms with Gasteiger partial charge in [-0.2, -0.15) is 5.10 Å². The lowest BCUT2D eigenvalue weighted by atomic mass is 10.1. The summed E-state index contributed by atoms with van der Waals surface area (Å²) in [6.07, 6.45) is 8.12. The fourth-order valence-corrected chi connectivity index (χ4v) is 4.60. The van der Waals surface area contributed by atoms with E-state index >= 15 is 0 Å². The predicted molar refractivity (Wildman–Crippen MR) is 90.3 cm³/mol. The molecule has 0 aromatic carbocycles. The van der Waals surface area contributed by atoms with Crippen LogP contribution >= 0.6 is 27.3 Å². The van der Waals surface area contributed by atoms with Crippen molar-refractivity contribution in [2.24, 2.45) is 5.84 Å². The van der Waals surface area contributed by atoms with Gasteiger partial charge in [-0.05, 0) is 53.4 Å². The minimum absolute atomic E-state index is 0.118. The maximum Gasteiger partial charge on any atom is 0.0731 e. The van der Waals surface area contributed by atoms with Crippen LogP contribution in [-0.2, 0) is 6.42 Å². The Hall–Kier alpha value is -0.690. The van der Waals surface area contributed by atoms with Gasteiger partial charge in [-0.1, -0.05) is 12.8 Å². The van der Waals surface area contributed by atoms with Gasteiger partial charge in [0.1, 0.15) is 0 Å². The minimum atomic E-state index is 0.118. The summed E-state index contributed by atoms with van der Waals surface area (Å²) in [5, 5.41) is 4.75. The zero-order chi connectivity index (χ0) is 14.8. The number of aryl methyl sites for hydroxylation is 1. The zero-order valence-corrected chi connectivity index (χ0v) is 14.6. The Morgan fingerprint density at radius 3 is 2.90 bits per heavy atom. The minimum Gasteiger partial charge on any atom is -0.271 e. The fourth-order valence-electron chi connectivity index (χ4n) is 2.96. The highest BCUT2D eigenvalue weighted by molar-refractivity contribution is 9.11. The molecule has 0 bridgehead atoms. The molecule has 114 valence electrons. The van der Waals surface area contributed by atoms with Crippen molar-refractivity contribution >= 4 is 27.3 Å². The second kappa shape index (κ2) is 6.60. The number of nitrogens with zero attached hydrogens (tertiary/aromatic N) is 2. The quantitative estimate of drug-likeness (QED) is 0.621. The van der Waals surface area contributed by atoms with Crippen molar-refractivity contribution in [3.8, 4) is 0 Å². The summed E-state index contributed by atoms with van der Waals surface area (Å²) >= 11 is 5.32. The average molecular weight is 369 g/mol. The number of nitrogens with one attached hydrogen (secondary N) is 1. The van der Waals surface area contributed by atoms with E-state index in [1.165, 1.54) is 39.9 Å². The summed E-state index contributed by atoms with van der Waals surface area (Å²) in [6.45, 7) is 2.10. The molecular weight excluding hydrogens is 348 g/mol. The van der Waals surface area contributed by atoms with Crippen LogP contribution in [-0.4, -0.2) is 9.78 Å². The van der Waals surface area contributed by atoms with E-state index in [9.17, 15) is 0 Å². The van der Waals surface area contributed by atoms with E-state index in [2.05, 4.69) is 51.3 Å². The van der Waals surface area contributed by atoms with Crippen LogP contribution in [0.2, 0.25) is 0 Å². The maximum absolute atomic E-state index is 5.75. The molecule has 1 fully saturated rings. The zero-order valence-electron chi connectivity index (χ0n) is 12.2. The Morgan fingerprint density at radius 2 is 2.29 bits per heavy atom. The van der Waals surface area contributed by atoms with E-state index in [0.29, 0.717) is 6.04 Å². The summed E-state index contributed by atoms with van der Waals surface area (Å²) in [6, 6.07) is 5.03. The summed E-state index contributed by atoms with van der Waals surface area (Å²) < 4.78 is 3.32. The third-order valence-electron chi connectivity index (χ3n) is 4.20. The van der Waals surface area contributed by atoms with Gasteiger partial charge in [0.05, 0.1) is 21.6 Å². The van der Waals surface area contributed by atoms with Crippen LogP contribution in [0.1, 0.15) is 53.9 Å². The van der Waals surface area contributed by atoms with Gasteiger partial charge in [-0.15, -0.1) is 11.3 Å². The number of thiophene rings is 1. The SMILES string of the molecule is Cc1cc(C(Cc2ccn(C3CCCC3)n2)NN)sc1Br. The van der Waals surface area contributed by atoms with Crippen LogP contribution in [0.3, 0.4) is 0 Å². The first-order chi connectivity index (χ1) is 10.2. The molecule has 21 heavy (non-hydrogen) atoms. The number of rotatable bonds is 5. The third kappa shape index (κ3) is 3.39. The van der Waals surface area contributed by atoms with E-state index in [1.807, 2.05) is 0 Å². The number of hydrogen-bond donors (Lipinski definition) is 2. The molecular formula is C15H21BrN4S. The molecule has 3 N–H and O–H groups in total. The topological polar surface area (TPSA) is 55.9 Å². The van der Waals surface area contributed by atoms with Crippen molar-refractivity contribution in [1.82, 2.24) is 15.2 Å². The lowest BCUT2D eigenvalue weighted by Crippen LogP contribution is -2.29. The van der Waals surface area contributed by atoms with E-state index in [4.69, 9.17) is 10.9 Å². The van der Waals surface area contributed by atoms with Gasteiger partial charge < -0.3 is 0 Å². The summed E-state index contributed by atoms with van der Waals surface area (Å²) in [5.74, 6) is 5.75. The Bertz CT molecular complexity index is 581.